The largest absolute Gasteiger partial charge is 0.381 e. The van der Waals surface area contributed by atoms with Crippen molar-refractivity contribution in [3.63, 3.8) is 0 Å². The molecule has 2 heterocycles. The van der Waals surface area contributed by atoms with Crippen molar-refractivity contribution < 1.29 is 4.74 Å². The fourth-order valence-electron chi connectivity index (χ4n) is 1.76. The number of hydrogen-bond donors (Lipinski definition) is 0. The van der Waals surface area contributed by atoms with Gasteiger partial charge in [-0.25, -0.2) is 0 Å². The molecule has 2 heteroatoms. The molecule has 1 saturated heterocycles. The Kier molecular flexibility index (Phi) is 2.53. The third-order valence-corrected chi connectivity index (χ3v) is 2.50. The Morgan fingerprint density at radius 3 is 2.92 bits per heavy atom. The summed E-state index contributed by atoms with van der Waals surface area (Å²) >= 11 is 0. The highest BCUT2D eigenvalue weighted by atomic mass is 16.5. The summed E-state index contributed by atoms with van der Waals surface area (Å²) < 4.78 is 5.33. The van der Waals surface area contributed by atoms with Crippen LogP contribution in [0, 0.1) is 0 Å². The van der Waals surface area contributed by atoms with Gasteiger partial charge in [-0.15, -0.1) is 5.73 Å². The van der Waals surface area contributed by atoms with E-state index in [0.29, 0.717) is 6.04 Å². The zero-order valence-electron chi connectivity index (χ0n) is 7.99. The molecule has 0 N–H and O–H groups in total. The second-order valence-corrected chi connectivity index (χ2v) is 3.60. The second kappa shape index (κ2) is 3.82. The number of rotatable bonds is 1. The zero-order chi connectivity index (χ0) is 9.10. The van der Waals surface area contributed by atoms with E-state index in [9.17, 15) is 0 Å². The number of nitrogens with zero attached hydrogens (tertiary/aromatic N) is 1. The van der Waals surface area contributed by atoms with Crippen LogP contribution in [0.3, 0.4) is 0 Å². The monoisotopic (exact) mass is 177 g/mol. The van der Waals surface area contributed by atoms with Gasteiger partial charge in [0.15, 0.2) is 0 Å². The van der Waals surface area contributed by atoms with E-state index in [1.54, 1.807) is 0 Å². The maximum atomic E-state index is 5.33. The molecule has 0 aromatic carbocycles. The van der Waals surface area contributed by atoms with Gasteiger partial charge in [-0.1, -0.05) is 0 Å². The van der Waals surface area contributed by atoms with Gasteiger partial charge in [0, 0.05) is 31.7 Å². The third kappa shape index (κ3) is 2.03. The van der Waals surface area contributed by atoms with Gasteiger partial charge in [0.25, 0.3) is 0 Å². The van der Waals surface area contributed by atoms with Gasteiger partial charge in [-0.05, 0) is 31.4 Å². The van der Waals surface area contributed by atoms with Crippen LogP contribution in [-0.4, -0.2) is 24.2 Å². The van der Waals surface area contributed by atoms with Gasteiger partial charge in [0.05, 0.1) is 0 Å². The van der Waals surface area contributed by atoms with Gasteiger partial charge < -0.3 is 9.64 Å². The minimum Gasteiger partial charge on any atom is -0.381 e. The molecule has 0 amide bonds. The Labute approximate surface area is 79.2 Å². The SMILES string of the molecule is CC1=CN(C2CCOCC2)C=C=C1. The topological polar surface area (TPSA) is 12.5 Å². The molecule has 13 heavy (non-hydrogen) atoms. The summed E-state index contributed by atoms with van der Waals surface area (Å²) in [4.78, 5) is 2.26. The molecule has 0 spiro atoms. The highest BCUT2D eigenvalue weighted by Crippen LogP contribution is 2.17. The first-order valence-electron chi connectivity index (χ1n) is 4.82. The zero-order valence-corrected chi connectivity index (χ0v) is 7.99. The van der Waals surface area contributed by atoms with E-state index >= 15 is 0 Å². The van der Waals surface area contributed by atoms with Crippen molar-refractivity contribution in [3.8, 4) is 0 Å². The molecule has 0 aromatic rings. The van der Waals surface area contributed by atoms with Crippen LogP contribution < -0.4 is 0 Å². The highest BCUT2D eigenvalue weighted by Gasteiger charge is 2.18. The minimum absolute atomic E-state index is 0.616. The van der Waals surface area contributed by atoms with E-state index in [1.807, 2.05) is 12.3 Å². The number of hydrogen-bond acceptors (Lipinski definition) is 2. The van der Waals surface area contributed by atoms with Crippen LogP contribution in [0.1, 0.15) is 19.8 Å². The van der Waals surface area contributed by atoms with Crippen molar-refractivity contribution in [2.75, 3.05) is 13.2 Å². The molecular formula is C11H15NO. The average molecular weight is 177 g/mol. The quantitative estimate of drug-likeness (QED) is 0.568. The van der Waals surface area contributed by atoms with Crippen molar-refractivity contribution in [2.24, 2.45) is 0 Å². The summed E-state index contributed by atoms with van der Waals surface area (Å²) in [5, 5.41) is 0. The average Bonchev–Trinajstić information content (AvgIpc) is 2.19. The first kappa shape index (κ1) is 8.61. The van der Waals surface area contributed by atoms with Crippen LogP contribution in [0.5, 0.6) is 0 Å². The predicted molar refractivity (Wildman–Crippen MR) is 52.1 cm³/mol. The van der Waals surface area contributed by atoms with Gasteiger partial charge >= 0.3 is 0 Å². The number of allylic oxidation sites excluding steroid dienone is 2. The summed E-state index contributed by atoms with van der Waals surface area (Å²) in [5.74, 6) is 0. The molecule has 0 saturated carbocycles. The molecule has 0 unspecified atom stereocenters. The molecule has 2 aliphatic heterocycles. The van der Waals surface area contributed by atoms with Crippen molar-refractivity contribution in [3.05, 3.63) is 29.8 Å². The fourth-order valence-corrected chi connectivity index (χ4v) is 1.76. The van der Waals surface area contributed by atoms with E-state index in [4.69, 9.17) is 4.74 Å². The summed E-state index contributed by atoms with van der Waals surface area (Å²) in [7, 11) is 0. The summed E-state index contributed by atoms with van der Waals surface area (Å²) in [6, 6.07) is 0.616. The van der Waals surface area contributed by atoms with Gasteiger partial charge in [-0.3, -0.25) is 0 Å². The Hall–Kier alpha value is -0.980. The minimum atomic E-state index is 0.616. The predicted octanol–water partition coefficient (Wildman–Crippen LogP) is 2.05. The van der Waals surface area contributed by atoms with Gasteiger partial charge in [0.1, 0.15) is 0 Å². The summed E-state index contributed by atoms with van der Waals surface area (Å²) in [5.41, 5.74) is 4.42. The van der Waals surface area contributed by atoms with E-state index in [1.165, 1.54) is 5.57 Å². The molecule has 1 fully saturated rings. The normalized spacial score (nSPS) is 23.5. The Morgan fingerprint density at radius 1 is 1.46 bits per heavy atom. The Balaban J connectivity index is 2.04. The maximum Gasteiger partial charge on any atom is 0.0485 e. The maximum absolute atomic E-state index is 5.33. The number of ether oxygens (including phenoxy) is 1. The molecule has 0 aromatic heterocycles. The van der Waals surface area contributed by atoms with Crippen molar-refractivity contribution in [2.45, 2.75) is 25.8 Å². The van der Waals surface area contributed by atoms with Crippen molar-refractivity contribution >= 4 is 0 Å². The molecule has 2 nitrogen and oxygen atoms in total. The third-order valence-electron chi connectivity index (χ3n) is 2.50. The van der Waals surface area contributed by atoms with E-state index in [0.717, 1.165) is 26.1 Å². The summed E-state index contributed by atoms with van der Waals surface area (Å²) in [6.45, 7) is 3.89. The second-order valence-electron chi connectivity index (χ2n) is 3.60. The fraction of sp³-hybridized carbons (Fsp3) is 0.545. The van der Waals surface area contributed by atoms with Crippen LogP contribution >= 0.6 is 0 Å². The lowest BCUT2D eigenvalue weighted by molar-refractivity contribution is 0.0600. The van der Waals surface area contributed by atoms with Crippen LogP contribution in [0.2, 0.25) is 0 Å². The highest BCUT2D eigenvalue weighted by molar-refractivity contribution is 5.20. The Bertz CT molecular complexity index is 268. The van der Waals surface area contributed by atoms with Crippen LogP contribution in [0.4, 0.5) is 0 Å². The van der Waals surface area contributed by atoms with E-state index in [2.05, 4.69) is 23.8 Å². The molecule has 2 aliphatic rings. The van der Waals surface area contributed by atoms with E-state index < -0.39 is 0 Å². The first-order valence-corrected chi connectivity index (χ1v) is 4.82. The lowest BCUT2D eigenvalue weighted by Crippen LogP contribution is -2.33. The molecule has 0 atom stereocenters. The standard InChI is InChI=1S/C11H15NO/c1-10-3-2-6-12(9-10)11-4-7-13-8-5-11/h3,6,9,11H,4-5,7-8H2,1H3. The molecule has 0 aliphatic carbocycles. The summed E-state index contributed by atoms with van der Waals surface area (Å²) in [6.07, 6.45) is 8.48. The van der Waals surface area contributed by atoms with Gasteiger partial charge in [0.2, 0.25) is 0 Å². The molecule has 0 radical (unpaired) electrons. The molecule has 0 bridgehead atoms. The van der Waals surface area contributed by atoms with Crippen molar-refractivity contribution in [1.29, 1.82) is 0 Å². The van der Waals surface area contributed by atoms with Crippen LogP contribution in [-0.2, 0) is 4.74 Å². The lowest BCUT2D eigenvalue weighted by atomic mass is 10.1. The first-order chi connectivity index (χ1) is 6.36. The van der Waals surface area contributed by atoms with Crippen LogP contribution in [0.25, 0.3) is 0 Å². The van der Waals surface area contributed by atoms with Crippen molar-refractivity contribution in [1.82, 2.24) is 4.90 Å². The van der Waals surface area contributed by atoms with Crippen LogP contribution in [0.15, 0.2) is 29.8 Å². The molecule has 2 rings (SSSR count). The van der Waals surface area contributed by atoms with Gasteiger partial charge in [-0.2, -0.15) is 0 Å². The molecular weight excluding hydrogens is 162 g/mol. The lowest BCUT2D eigenvalue weighted by Gasteiger charge is -2.31. The Morgan fingerprint density at radius 2 is 2.23 bits per heavy atom. The smallest absolute Gasteiger partial charge is 0.0485 e. The molecule has 70 valence electrons. The van der Waals surface area contributed by atoms with E-state index in [-0.39, 0.29) is 0 Å².